The number of hydrogen-bond acceptors (Lipinski definition) is 6. The van der Waals surface area contributed by atoms with E-state index in [2.05, 4.69) is 26.0 Å². The van der Waals surface area contributed by atoms with Gasteiger partial charge in [0.2, 0.25) is 10.0 Å². The van der Waals surface area contributed by atoms with E-state index in [9.17, 15) is 8.42 Å². The van der Waals surface area contributed by atoms with Gasteiger partial charge >= 0.3 is 0 Å². The predicted molar refractivity (Wildman–Crippen MR) is 104 cm³/mol. The predicted octanol–water partition coefficient (Wildman–Crippen LogP) is 1.85. The minimum Gasteiger partial charge on any atom is -0.356 e. The summed E-state index contributed by atoms with van der Waals surface area (Å²) in [5.41, 5.74) is 0.930. The van der Waals surface area contributed by atoms with Crippen LogP contribution in [0.3, 0.4) is 0 Å². The Labute approximate surface area is 160 Å². The van der Waals surface area contributed by atoms with Crippen molar-refractivity contribution in [3.05, 3.63) is 18.1 Å². The molecular formula is C18H28N6O2S. The van der Waals surface area contributed by atoms with Crippen LogP contribution in [0.1, 0.15) is 44.2 Å². The zero-order valence-electron chi connectivity index (χ0n) is 16.1. The van der Waals surface area contributed by atoms with E-state index in [0.29, 0.717) is 18.2 Å². The van der Waals surface area contributed by atoms with Crippen molar-refractivity contribution in [2.75, 3.05) is 30.8 Å². The van der Waals surface area contributed by atoms with E-state index in [-0.39, 0.29) is 6.04 Å². The van der Waals surface area contributed by atoms with Crippen LogP contribution in [0, 0.1) is 12.8 Å². The monoisotopic (exact) mass is 392 g/mol. The van der Waals surface area contributed by atoms with Crippen molar-refractivity contribution in [3.63, 3.8) is 0 Å². The maximum atomic E-state index is 12.3. The molecule has 2 aromatic rings. The highest BCUT2D eigenvalue weighted by molar-refractivity contribution is 7.88. The molecule has 0 N–H and O–H groups in total. The Balaban J connectivity index is 1.51. The van der Waals surface area contributed by atoms with Gasteiger partial charge in [-0.15, -0.1) is 0 Å². The molecule has 27 heavy (non-hydrogen) atoms. The molecule has 148 valence electrons. The van der Waals surface area contributed by atoms with Crippen molar-refractivity contribution >= 4 is 21.6 Å². The molecule has 2 aliphatic rings. The summed E-state index contributed by atoms with van der Waals surface area (Å²) in [5.74, 6) is 2.07. The first-order valence-corrected chi connectivity index (χ1v) is 11.7. The summed E-state index contributed by atoms with van der Waals surface area (Å²) in [6, 6.07) is 2.20. The lowest BCUT2D eigenvalue weighted by Gasteiger charge is -2.40. The molecule has 9 heteroatoms. The number of piperidine rings is 1. The van der Waals surface area contributed by atoms with Gasteiger partial charge in [-0.25, -0.2) is 13.4 Å². The molecule has 2 saturated heterocycles. The third-order valence-corrected chi connectivity index (χ3v) is 7.25. The van der Waals surface area contributed by atoms with Gasteiger partial charge in [-0.1, -0.05) is 12.8 Å². The molecule has 0 saturated carbocycles. The number of rotatable bonds is 3. The molecule has 2 aromatic heterocycles. The molecular weight excluding hydrogens is 364 g/mol. The van der Waals surface area contributed by atoms with Gasteiger partial charge in [0.05, 0.1) is 6.26 Å². The van der Waals surface area contributed by atoms with Crippen molar-refractivity contribution in [1.29, 1.82) is 0 Å². The average Bonchev–Trinajstić information content (AvgIpc) is 2.94. The lowest BCUT2D eigenvalue weighted by atomic mass is 9.87. The largest absolute Gasteiger partial charge is 0.356 e. The normalized spacial score (nSPS) is 23.6. The van der Waals surface area contributed by atoms with Crippen LogP contribution in [0.5, 0.6) is 0 Å². The van der Waals surface area contributed by atoms with E-state index >= 15 is 0 Å². The number of aromatic nitrogens is 4. The van der Waals surface area contributed by atoms with Gasteiger partial charge in [0.15, 0.2) is 0 Å². The van der Waals surface area contributed by atoms with Crippen LogP contribution >= 0.6 is 0 Å². The molecule has 0 aliphatic carbocycles. The van der Waals surface area contributed by atoms with Gasteiger partial charge in [0.25, 0.3) is 5.78 Å². The summed E-state index contributed by atoms with van der Waals surface area (Å²) in [6.07, 6.45) is 9.10. The highest BCUT2D eigenvalue weighted by Crippen LogP contribution is 2.32. The molecule has 2 fully saturated rings. The number of anilines is 1. The highest BCUT2D eigenvalue weighted by Gasteiger charge is 2.36. The minimum absolute atomic E-state index is 0.148. The zero-order valence-corrected chi connectivity index (χ0v) is 16.9. The molecule has 0 spiro atoms. The van der Waals surface area contributed by atoms with Crippen LogP contribution in [-0.4, -0.2) is 64.2 Å². The topological polar surface area (TPSA) is 83.7 Å². The van der Waals surface area contributed by atoms with Crippen molar-refractivity contribution in [2.24, 2.45) is 5.92 Å². The molecule has 4 heterocycles. The first-order valence-electron chi connectivity index (χ1n) is 9.82. The highest BCUT2D eigenvalue weighted by atomic mass is 32.2. The van der Waals surface area contributed by atoms with Crippen molar-refractivity contribution < 1.29 is 8.42 Å². The minimum atomic E-state index is -3.15. The molecule has 1 unspecified atom stereocenters. The number of nitrogens with zero attached hydrogens (tertiary/aromatic N) is 6. The molecule has 1 atom stereocenters. The second kappa shape index (κ2) is 7.35. The summed E-state index contributed by atoms with van der Waals surface area (Å²) in [4.78, 5) is 11.0. The second-order valence-corrected chi connectivity index (χ2v) is 9.78. The molecule has 4 rings (SSSR count). The summed E-state index contributed by atoms with van der Waals surface area (Å²) in [6.45, 7) is 4.45. The van der Waals surface area contributed by atoms with Gasteiger partial charge in [0, 0.05) is 37.4 Å². The van der Waals surface area contributed by atoms with E-state index in [1.165, 1.54) is 12.6 Å². The molecule has 0 radical (unpaired) electrons. The van der Waals surface area contributed by atoms with Gasteiger partial charge in [-0.05, 0) is 38.5 Å². The average molecular weight is 393 g/mol. The number of sulfonamides is 1. The number of hydrogen-bond donors (Lipinski definition) is 0. The third kappa shape index (κ3) is 3.80. The van der Waals surface area contributed by atoms with E-state index < -0.39 is 10.0 Å². The SMILES string of the molecule is Cc1cc(N2CCC(C3CCCCCN3S(C)(=O)=O)CC2)n2ncnc2n1. The molecule has 0 bridgehead atoms. The number of aryl methyl sites for hydroxylation is 1. The quantitative estimate of drug-likeness (QED) is 0.793. The zero-order chi connectivity index (χ0) is 19.0. The van der Waals surface area contributed by atoms with Crippen molar-refractivity contribution in [2.45, 2.75) is 51.5 Å². The van der Waals surface area contributed by atoms with Crippen LogP contribution in [0.25, 0.3) is 5.78 Å². The Bertz CT molecular complexity index is 904. The molecule has 8 nitrogen and oxygen atoms in total. The van der Waals surface area contributed by atoms with E-state index in [1.807, 2.05) is 6.92 Å². The van der Waals surface area contributed by atoms with E-state index in [4.69, 9.17) is 0 Å². The Morgan fingerprint density at radius 3 is 2.59 bits per heavy atom. The van der Waals surface area contributed by atoms with E-state index in [0.717, 1.165) is 63.1 Å². The Morgan fingerprint density at radius 1 is 1.07 bits per heavy atom. The van der Waals surface area contributed by atoms with Gasteiger partial charge < -0.3 is 4.90 Å². The van der Waals surface area contributed by atoms with Gasteiger partial charge in [0.1, 0.15) is 12.1 Å². The Morgan fingerprint density at radius 2 is 1.85 bits per heavy atom. The fourth-order valence-electron chi connectivity index (χ4n) is 4.64. The number of fused-ring (bicyclic) bond motifs is 1. The first-order chi connectivity index (χ1) is 12.9. The van der Waals surface area contributed by atoms with Gasteiger partial charge in [-0.3, -0.25) is 0 Å². The molecule has 0 amide bonds. The lowest BCUT2D eigenvalue weighted by molar-refractivity contribution is 0.206. The fourth-order valence-corrected chi connectivity index (χ4v) is 5.87. The van der Waals surface area contributed by atoms with Crippen LogP contribution < -0.4 is 4.90 Å². The molecule has 2 aliphatic heterocycles. The maximum Gasteiger partial charge on any atom is 0.254 e. The summed E-state index contributed by atoms with van der Waals surface area (Å²) in [7, 11) is -3.15. The van der Waals surface area contributed by atoms with Crippen molar-refractivity contribution in [1.82, 2.24) is 23.9 Å². The third-order valence-electron chi connectivity index (χ3n) is 5.94. The summed E-state index contributed by atoms with van der Waals surface area (Å²) < 4.78 is 28.2. The standard InChI is InChI=1S/C18H28N6O2S/c1-14-12-17(24-18(21-14)19-13-20-24)22-10-7-15(8-11-22)16-6-4-3-5-9-23(16)27(2,25)26/h12-13,15-16H,3-11H2,1-2H3. The van der Waals surface area contributed by atoms with Crippen LogP contribution in [-0.2, 0) is 10.0 Å². The van der Waals surface area contributed by atoms with Crippen molar-refractivity contribution in [3.8, 4) is 0 Å². The van der Waals surface area contributed by atoms with Crippen LogP contribution in [0.2, 0.25) is 0 Å². The van der Waals surface area contributed by atoms with Crippen LogP contribution in [0.4, 0.5) is 5.82 Å². The van der Waals surface area contributed by atoms with Gasteiger partial charge in [-0.2, -0.15) is 18.9 Å². The Kier molecular flexibility index (Phi) is 5.07. The summed E-state index contributed by atoms with van der Waals surface area (Å²) in [5, 5.41) is 4.31. The smallest absolute Gasteiger partial charge is 0.254 e. The summed E-state index contributed by atoms with van der Waals surface area (Å²) >= 11 is 0. The fraction of sp³-hybridized carbons (Fsp3) is 0.722. The Hall–Kier alpha value is -1.74. The maximum absolute atomic E-state index is 12.3. The van der Waals surface area contributed by atoms with E-state index in [1.54, 1.807) is 8.82 Å². The second-order valence-electron chi connectivity index (χ2n) is 7.84. The first kappa shape index (κ1) is 18.6. The molecule has 0 aromatic carbocycles. The lowest BCUT2D eigenvalue weighted by Crippen LogP contribution is -2.47. The van der Waals surface area contributed by atoms with Crippen LogP contribution in [0.15, 0.2) is 12.4 Å².